The molecule has 1 N–H and O–H groups in total. The zero-order valence-corrected chi connectivity index (χ0v) is 9.67. The summed E-state index contributed by atoms with van der Waals surface area (Å²) in [6.45, 7) is 7.47. The van der Waals surface area contributed by atoms with E-state index < -0.39 is 0 Å². The van der Waals surface area contributed by atoms with Crippen LogP contribution in [0.15, 0.2) is 24.3 Å². The van der Waals surface area contributed by atoms with Crippen molar-refractivity contribution < 1.29 is 0 Å². The van der Waals surface area contributed by atoms with Crippen molar-refractivity contribution in [3.63, 3.8) is 0 Å². The molecular weight excluding hydrogens is 184 g/mol. The Bertz CT molecular complexity index is 393. The van der Waals surface area contributed by atoms with E-state index in [1.165, 1.54) is 5.56 Å². The summed E-state index contributed by atoms with van der Waals surface area (Å²) >= 11 is 0. The van der Waals surface area contributed by atoms with Gasteiger partial charge in [0.1, 0.15) is 5.84 Å². The van der Waals surface area contributed by atoms with Crippen LogP contribution in [-0.2, 0) is 6.54 Å². The average molecular weight is 202 g/mol. The second kappa shape index (κ2) is 3.37. The Morgan fingerprint density at radius 2 is 2.00 bits per heavy atom. The van der Waals surface area contributed by atoms with Gasteiger partial charge in [-0.05, 0) is 25.8 Å². The minimum atomic E-state index is 0.0795. The summed E-state index contributed by atoms with van der Waals surface area (Å²) in [5, 5.41) is 8.17. The standard InChI is InChI=1S/C13H18N2/c1-4-13(2,3)15-9-10-7-5-6-8-11(10)12(15)14/h5-8,14H,4,9H2,1-3H3. The molecule has 2 rings (SSSR count). The van der Waals surface area contributed by atoms with Crippen LogP contribution >= 0.6 is 0 Å². The van der Waals surface area contributed by atoms with Crippen LogP contribution in [0.2, 0.25) is 0 Å². The highest BCUT2D eigenvalue weighted by atomic mass is 15.2. The Labute approximate surface area is 91.4 Å². The monoisotopic (exact) mass is 202 g/mol. The van der Waals surface area contributed by atoms with Crippen molar-refractivity contribution in [2.75, 3.05) is 0 Å². The smallest absolute Gasteiger partial charge is 0.129 e. The lowest BCUT2D eigenvalue weighted by atomic mass is 10.00. The zero-order chi connectivity index (χ0) is 11.1. The van der Waals surface area contributed by atoms with Crippen molar-refractivity contribution in [2.45, 2.75) is 39.3 Å². The summed E-state index contributed by atoms with van der Waals surface area (Å²) in [5.74, 6) is 0.678. The quantitative estimate of drug-likeness (QED) is 0.784. The molecular formula is C13H18N2. The van der Waals surface area contributed by atoms with Gasteiger partial charge in [-0.3, -0.25) is 5.41 Å². The zero-order valence-electron chi connectivity index (χ0n) is 9.67. The first-order valence-electron chi connectivity index (χ1n) is 5.51. The molecule has 0 amide bonds. The topological polar surface area (TPSA) is 27.1 Å². The molecule has 0 aromatic heterocycles. The number of amidine groups is 1. The van der Waals surface area contributed by atoms with E-state index in [0.717, 1.165) is 18.5 Å². The molecule has 0 fully saturated rings. The number of hydrogen-bond donors (Lipinski definition) is 1. The molecule has 0 saturated heterocycles. The van der Waals surface area contributed by atoms with Gasteiger partial charge in [0.2, 0.25) is 0 Å². The lowest BCUT2D eigenvalue weighted by molar-refractivity contribution is 0.208. The van der Waals surface area contributed by atoms with Crippen LogP contribution in [-0.4, -0.2) is 16.3 Å². The molecule has 2 heteroatoms. The van der Waals surface area contributed by atoms with Crippen molar-refractivity contribution in [3.05, 3.63) is 35.4 Å². The van der Waals surface area contributed by atoms with E-state index in [-0.39, 0.29) is 5.54 Å². The van der Waals surface area contributed by atoms with E-state index in [1.807, 2.05) is 12.1 Å². The molecule has 15 heavy (non-hydrogen) atoms. The highest BCUT2D eigenvalue weighted by Gasteiger charge is 2.33. The lowest BCUT2D eigenvalue weighted by Crippen LogP contribution is -2.43. The first kappa shape index (κ1) is 10.2. The van der Waals surface area contributed by atoms with Crippen molar-refractivity contribution >= 4 is 5.84 Å². The Balaban J connectivity index is 2.35. The minimum absolute atomic E-state index is 0.0795. The predicted octanol–water partition coefficient (Wildman–Crippen LogP) is 3.02. The van der Waals surface area contributed by atoms with Crippen molar-refractivity contribution in [2.24, 2.45) is 0 Å². The van der Waals surface area contributed by atoms with Gasteiger partial charge < -0.3 is 4.90 Å². The first-order valence-corrected chi connectivity index (χ1v) is 5.51. The van der Waals surface area contributed by atoms with E-state index in [1.54, 1.807) is 0 Å². The molecule has 1 aromatic carbocycles. The fourth-order valence-electron chi connectivity index (χ4n) is 1.99. The number of nitrogens with zero attached hydrogens (tertiary/aromatic N) is 1. The maximum atomic E-state index is 8.17. The van der Waals surface area contributed by atoms with Crippen LogP contribution in [0.4, 0.5) is 0 Å². The SMILES string of the molecule is CCC(C)(C)N1Cc2ccccc2C1=N. The van der Waals surface area contributed by atoms with Crippen LogP contribution in [0, 0.1) is 5.41 Å². The van der Waals surface area contributed by atoms with Crippen LogP contribution in [0.1, 0.15) is 38.3 Å². The third-order valence-electron chi connectivity index (χ3n) is 3.47. The summed E-state index contributed by atoms with van der Waals surface area (Å²) in [5.41, 5.74) is 2.46. The van der Waals surface area contributed by atoms with E-state index in [9.17, 15) is 0 Å². The largest absolute Gasteiger partial charge is 0.347 e. The van der Waals surface area contributed by atoms with Crippen LogP contribution in [0.25, 0.3) is 0 Å². The van der Waals surface area contributed by atoms with Crippen LogP contribution in [0.3, 0.4) is 0 Å². The Morgan fingerprint density at radius 1 is 1.33 bits per heavy atom. The molecule has 0 radical (unpaired) electrons. The number of rotatable bonds is 2. The predicted molar refractivity (Wildman–Crippen MR) is 63.2 cm³/mol. The van der Waals surface area contributed by atoms with E-state index >= 15 is 0 Å². The molecule has 2 nitrogen and oxygen atoms in total. The molecule has 1 aliphatic heterocycles. The molecule has 0 spiro atoms. The minimum Gasteiger partial charge on any atom is -0.347 e. The molecule has 0 atom stereocenters. The number of nitrogens with one attached hydrogen (secondary N) is 1. The van der Waals surface area contributed by atoms with Gasteiger partial charge in [-0.15, -0.1) is 0 Å². The second-order valence-electron chi connectivity index (χ2n) is 4.76. The fraction of sp³-hybridized carbons (Fsp3) is 0.462. The maximum absolute atomic E-state index is 8.17. The van der Waals surface area contributed by atoms with E-state index in [4.69, 9.17) is 5.41 Å². The second-order valence-corrected chi connectivity index (χ2v) is 4.76. The van der Waals surface area contributed by atoms with Gasteiger partial charge in [0.05, 0.1) is 0 Å². The summed E-state index contributed by atoms with van der Waals surface area (Å²) in [6.07, 6.45) is 1.06. The van der Waals surface area contributed by atoms with E-state index in [0.29, 0.717) is 5.84 Å². The van der Waals surface area contributed by atoms with Crippen molar-refractivity contribution in [3.8, 4) is 0 Å². The number of benzene rings is 1. The van der Waals surface area contributed by atoms with Gasteiger partial charge in [0.15, 0.2) is 0 Å². The van der Waals surface area contributed by atoms with E-state index in [2.05, 4.69) is 37.8 Å². The summed E-state index contributed by atoms with van der Waals surface area (Å²) < 4.78 is 0. The maximum Gasteiger partial charge on any atom is 0.129 e. The van der Waals surface area contributed by atoms with Gasteiger partial charge in [-0.25, -0.2) is 0 Å². The first-order chi connectivity index (χ1) is 7.06. The van der Waals surface area contributed by atoms with Gasteiger partial charge in [0, 0.05) is 17.6 Å². The van der Waals surface area contributed by atoms with Crippen LogP contribution < -0.4 is 0 Å². The van der Waals surface area contributed by atoms with Gasteiger partial charge >= 0.3 is 0 Å². The number of hydrogen-bond acceptors (Lipinski definition) is 1. The van der Waals surface area contributed by atoms with Gasteiger partial charge in [0.25, 0.3) is 0 Å². The van der Waals surface area contributed by atoms with Gasteiger partial charge in [-0.2, -0.15) is 0 Å². The van der Waals surface area contributed by atoms with Crippen LogP contribution in [0.5, 0.6) is 0 Å². The highest BCUT2D eigenvalue weighted by molar-refractivity contribution is 6.00. The van der Waals surface area contributed by atoms with Crippen molar-refractivity contribution in [1.29, 1.82) is 5.41 Å². The molecule has 80 valence electrons. The Kier molecular flexibility index (Phi) is 2.29. The third kappa shape index (κ3) is 1.54. The summed E-state index contributed by atoms with van der Waals surface area (Å²) in [7, 11) is 0. The lowest BCUT2D eigenvalue weighted by Gasteiger charge is -2.36. The Hall–Kier alpha value is -1.31. The normalized spacial score (nSPS) is 15.7. The molecule has 1 heterocycles. The molecule has 0 aliphatic carbocycles. The highest BCUT2D eigenvalue weighted by Crippen LogP contribution is 2.30. The van der Waals surface area contributed by atoms with Crippen molar-refractivity contribution in [1.82, 2.24) is 4.90 Å². The Morgan fingerprint density at radius 3 is 2.60 bits per heavy atom. The number of fused-ring (bicyclic) bond motifs is 1. The molecule has 1 aromatic rings. The molecule has 1 aliphatic rings. The van der Waals surface area contributed by atoms with Gasteiger partial charge in [-0.1, -0.05) is 31.2 Å². The summed E-state index contributed by atoms with van der Waals surface area (Å²) in [6, 6.07) is 8.23. The molecule has 0 bridgehead atoms. The third-order valence-corrected chi connectivity index (χ3v) is 3.47. The molecule has 0 saturated carbocycles. The fourth-order valence-corrected chi connectivity index (χ4v) is 1.99. The summed E-state index contributed by atoms with van der Waals surface area (Å²) in [4.78, 5) is 2.19. The molecule has 0 unspecified atom stereocenters. The average Bonchev–Trinajstić information content (AvgIpc) is 2.58.